The van der Waals surface area contributed by atoms with E-state index in [1.165, 1.54) is 6.20 Å². The van der Waals surface area contributed by atoms with Gasteiger partial charge < -0.3 is 4.90 Å². The van der Waals surface area contributed by atoms with Crippen LogP contribution in [0.3, 0.4) is 0 Å². The van der Waals surface area contributed by atoms with Gasteiger partial charge in [0.2, 0.25) is 11.8 Å². The van der Waals surface area contributed by atoms with Crippen molar-refractivity contribution in [2.75, 3.05) is 18.0 Å². The highest BCUT2D eigenvalue weighted by atomic mass is 16.2. The van der Waals surface area contributed by atoms with E-state index < -0.39 is 29.7 Å². The van der Waals surface area contributed by atoms with Crippen LogP contribution >= 0.6 is 0 Å². The van der Waals surface area contributed by atoms with Gasteiger partial charge in [0.05, 0.1) is 17.0 Å². The van der Waals surface area contributed by atoms with Crippen molar-refractivity contribution in [3.63, 3.8) is 0 Å². The van der Waals surface area contributed by atoms with E-state index in [2.05, 4.69) is 16.2 Å². The number of terminal acetylenes is 1. The van der Waals surface area contributed by atoms with Gasteiger partial charge in [0, 0.05) is 25.7 Å². The number of fused-ring (bicyclic) bond motifs is 1. The van der Waals surface area contributed by atoms with Gasteiger partial charge in [0.25, 0.3) is 11.8 Å². The summed E-state index contributed by atoms with van der Waals surface area (Å²) in [7, 11) is 0. The van der Waals surface area contributed by atoms with Crippen molar-refractivity contribution >= 4 is 29.4 Å². The summed E-state index contributed by atoms with van der Waals surface area (Å²) in [6, 6.07) is 0.595. The summed E-state index contributed by atoms with van der Waals surface area (Å²) in [6.07, 6.45) is 6.95. The second-order valence-corrected chi connectivity index (χ2v) is 6.30. The topological polar surface area (TPSA) is 99.7 Å². The van der Waals surface area contributed by atoms with Crippen molar-refractivity contribution in [1.29, 1.82) is 0 Å². The summed E-state index contributed by atoms with van der Waals surface area (Å²) < 4.78 is 0. The van der Waals surface area contributed by atoms with Crippen LogP contribution in [0.4, 0.5) is 5.82 Å². The molecule has 4 heterocycles. The number of nitrogens with zero attached hydrogens (tertiary/aromatic N) is 3. The molecule has 3 aliphatic rings. The lowest BCUT2D eigenvalue weighted by Crippen LogP contribution is -2.54. The number of anilines is 1. The lowest BCUT2D eigenvalue weighted by atomic mass is 10.0. The minimum atomic E-state index is -0.969. The number of carbonyl (C=O) groups is 4. The smallest absolute Gasteiger partial charge is 0.263 e. The van der Waals surface area contributed by atoms with Crippen molar-refractivity contribution in [3.8, 4) is 12.3 Å². The molecule has 4 rings (SSSR count). The van der Waals surface area contributed by atoms with E-state index in [0.29, 0.717) is 18.9 Å². The maximum Gasteiger partial charge on any atom is 0.263 e. The van der Waals surface area contributed by atoms with Gasteiger partial charge in [-0.1, -0.05) is 5.92 Å². The van der Waals surface area contributed by atoms with E-state index in [0.717, 1.165) is 4.90 Å². The number of amides is 4. The van der Waals surface area contributed by atoms with E-state index in [-0.39, 0.29) is 29.9 Å². The Labute approximate surface area is 143 Å². The van der Waals surface area contributed by atoms with Gasteiger partial charge in [-0.3, -0.25) is 29.4 Å². The molecule has 4 amide bonds. The number of nitrogens with one attached hydrogen (secondary N) is 1. The average molecular weight is 338 g/mol. The van der Waals surface area contributed by atoms with Gasteiger partial charge in [-0.05, 0) is 12.5 Å². The number of aromatic nitrogens is 1. The van der Waals surface area contributed by atoms with Gasteiger partial charge in [-0.2, -0.15) is 0 Å². The molecule has 0 bridgehead atoms. The molecule has 0 aromatic carbocycles. The first-order valence-electron chi connectivity index (χ1n) is 7.92. The highest BCUT2D eigenvalue weighted by molar-refractivity contribution is 6.23. The van der Waals surface area contributed by atoms with Crippen LogP contribution in [0.2, 0.25) is 0 Å². The number of imide groups is 2. The lowest BCUT2D eigenvalue weighted by molar-refractivity contribution is -0.136. The largest absolute Gasteiger partial charge is 0.354 e. The number of piperidine rings is 1. The fourth-order valence-corrected chi connectivity index (χ4v) is 3.30. The molecule has 25 heavy (non-hydrogen) atoms. The quantitative estimate of drug-likeness (QED) is 0.579. The van der Waals surface area contributed by atoms with E-state index in [1.54, 1.807) is 6.07 Å². The fourth-order valence-electron chi connectivity index (χ4n) is 3.30. The van der Waals surface area contributed by atoms with Gasteiger partial charge >= 0.3 is 0 Å². The van der Waals surface area contributed by atoms with Crippen molar-refractivity contribution in [2.45, 2.75) is 18.9 Å². The van der Waals surface area contributed by atoms with E-state index in [1.807, 2.05) is 4.90 Å². The van der Waals surface area contributed by atoms with Crippen LogP contribution in [0.25, 0.3) is 0 Å². The lowest BCUT2D eigenvalue weighted by Gasteiger charge is -2.37. The number of rotatable bonds is 2. The van der Waals surface area contributed by atoms with Crippen molar-refractivity contribution in [2.24, 2.45) is 5.92 Å². The third-order valence-electron chi connectivity index (χ3n) is 4.75. The second-order valence-electron chi connectivity index (χ2n) is 6.30. The van der Waals surface area contributed by atoms with Crippen molar-refractivity contribution < 1.29 is 19.2 Å². The number of hydrogen-bond acceptors (Lipinski definition) is 6. The molecule has 1 unspecified atom stereocenters. The van der Waals surface area contributed by atoms with Crippen LogP contribution in [0.5, 0.6) is 0 Å². The van der Waals surface area contributed by atoms with E-state index in [9.17, 15) is 19.2 Å². The highest BCUT2D eigenvalue weighted by Crippen LogP contribution is 2.31. The molecule has 1 N–H and O–H groups in total. The third kappa shape index (κ3) is 2.28. The van der Waals surface area contributed by atoms with Crippen LogP contribution < -0.4 is 10.2 Å². The predicted molar refractivity (Wildman–Crippen MR) is 85.4 cm³/mol. The molecule has 0 saturated carbocycles. The zero-order valence-electron chi connectivity index (χ0n) is 13.2. The minimum Gasteiger partial charge on any atom is -0.354 e. The summed E-state index contributed by atoms with van der Waals surface area (Å²) in [5, 5.41) is 2.17. The van der Waals surface area contributed by atoms with Crippen LogP contribution in [-0.2, 0) is 9.59 Å². The Morgan fingerprint density at radius 3 is 2.56 bits per heavy atom. The molecule has 8 nitrogen and oxygen atoms in total. The zero-order valence-corrected chi connectivity index (χ0v) is 13.2. The molecule has 0 aliphatic carbocycles. The van der Waals surface area contributed by atoms with E-state index in [4.69, 9.17) is 6.42 Å². The molecular formula is C17H14N4O4. The molecule has 8 heteroatoms. The molecular weight excluding hydrogens is 324 g/mol. The highest BCUT2D eigenvalue weighted by Gasteiger charge is 2.45. The summed E-state index contributed by atoms with van der Waals surface area (Å²) in [4.78, 5) is 55.6. The maximum absolute atomic E-state index is 12.7. The summed E-state index contributed by atoms with van der Waals surface area (Å²) in [6.45, 7) is 1.31. The Hall–Kier alpha value is -3.21. The molecule has 2 fully saturated rings. The molecule has 0 spiro atoms. The molecule has 1 aromatic rings. The van der Waals surface area contributed by atoms with E-state index >= 15 is 0 Å². The number of carbonyl (C=O) groups excluding carboxylic acids is 4. The summed E-state index contributed by atoms with van der Waals surface area (Å²) in [5.41, 5.74) is 0.399. The van der Waals surface area contributed by atoms with Gasteiger partial charge in [0.1, 0.15) is 11.9 Å². The first-order valence-corrected chi connectivity index (χ1v) is 7.92. The Morgan fingerprint density at radius 1 is 1.16 bits per heavy atom. The monoisotopic (exact) mass is 338 g/mol. The molecule has 1 aromatic heterocycles. The second kappa shape index (κ2) is 5.41. The Kier molecular flexibility index (Phi) is 3.32. The normalized spacial score (nSPS) is 23.2. The Morgan fingerprint density at radius 2 is 1.88 bits per heavy atom. The standard InChI is InChI=1S/C17H14N4O4/c1-2-9-7-20(8-9)13-5-10-11(6-18-13)17(25)21(16(10)24)12-3-4-14(22)19-15(12)23/h1,5-6,9,12H,3-4,7-8H2,(H,19,22,23). The van der Waals surface area contributed by atoms with Gasteiger partial charge in [-0.25, -0.2) is 4.98 Å². The number of hydrogen-bond donors (Lipinski definition) is 1. The minimum absolute atomic E-state index is 0.0918. The first kappa shape index (κ1) is 15.3. The Balaban J connectivity index is 1.61. The molecule has 126 valence electrons. The molecule has 3 aliphatic heterocycles. The zero-order chi connectivity index (χ0) is 17.7. The molecule has 0 radical (unpaired) electrons. The summed E-state index contributed by atoms with van der Waals surface area (Å²) >= 11 is 0. The SMILES string of the molecule is C#CC1CN(c2cc3c(cn2)C(=O)N(C2CCC(=O)NC2=O)C3=O)C1. The third-order valence-corrected chi connectivity index (χ3v) is 4.75. The Bertz CT molecular complexity index is 866. The van der Waals surface area contributed by atoms with Gasteiger partial charge in [0.15, 0.2) is 0 Å². The first-order chi connectivity index (χ1) is 12.0. The molecule has 1 atom stereocenters. The number of pyridine rings is 1. The van der Waals surface area contributed by atoms with Crippen LogP contribution in [0.15, 0.2) is 12.3 Å². The van der Waals surface area contributed by atoms with Gasteiger partial charge in [-0.15, -0.1) is 6.42 Å². The van der Waals surface area contributed by atoms with Crippen molar-refractivity contribution in [1.82, 2.24) is 15.2 Å². The maximum atomic E-state index is 12.7. The van der Waals surface area contributed by atoms with Crippen LogP contribution in [0, 0.1) is 18.3 Å². The van der Waals surface area contributed by atoms with Crippen LogP contribution in [-0.4, -0.2) is 52.6 Å². The van der Waals surface area contributed by atoms with Crippen molar-refractivity contribution in [3.05, 3.63) is 23.4 Å². The summed E-state index contributed by atoms with van der Waals surface area (Å²) in [5.74, 6) is 1.28. The average Bonchev–Trinajstić information content (AvgIpc) is 2.78. The fraction of sp³-hybridized carbons (Fsp3) is 0.353. The van der Waals surface area contributed by atoms with Crippen LogP contribution in [0.1, 0.15) is 33.6 Å². The predicted octanol–water partition coefficient (Wildman–Crippen LogP) is -0.448. The molecule has 2 saturated heterocycles.